The van der Waals surface area contributed by atoms with E-state index >= 15 is 0 Å². The molecule has 1 heterocycles. The number of benzene rings is 2. The number of hydrogen-bond donors (Lipinski definition) is 3. The third-order valence-electron chi connectivity index (χ3n) is 5.69. The lowest BCUT2D eigenvalue weighted by atomic mass is 10.00. The van der Waals surface area contributed by atoms with E-state index in [0.29, 0.717) is 37.1 Å². The Morgan fingerprint density at radius 2 is 1.73 bits per heavy atom. The fourth-order valence-corrected chi connectivity index (χ4v) is 3.84. The van der Waals surface area contributed by atoms with Crippen molar-refractivity contribution in [3.8, 4) is 0 Å². The maximum atomic E-state index is 12.6. The second-order valence-electron chi connectivity index (χ2n) is 8.90. The molecule has 1 aliphatic heterocycles. The first kappa shape index (κ1) is 24.3. The van der Waals surface area contributed by atoms with Gasteiger partial charge in [-0.15, -0.1) is 0 Å². The minimum absolute atomic E-state index is 0.114. The van der Waals surface area contributed by atoms with Gasteiger partial charge in [0.05, 0.1) is 12.6 Å². The van der Waals surface area contributed by atoms with E-state index in [2.05, 4.69) is 66.0 Å². The summed E-state index contributed by atoms with van der Waals surface area (Å²) >= 11 is 0. The number of nitrogens with zero attached hydrogens (tertiary/aromatic N) is 2. The van der Waals surface area contributed by atoms with Crippen LogP contribution >= 0.6 is 0 Å². The molecule has 0 bridgehead atoms. The molecular formula is C26H35N5O2. The Morgan fingerprint density at radius 3 is 2.33 bits per heavy atom. The Bertz CT molecular complexity index is 967. The van der Waals surface area contributed by atoms with Gasteiger partial charge in [0.2, 0.25) is 5.91 Å². The van der Waals surface area contributed by atoms with Crippen LogP contribution in [0.1, 0.15) is 53.9 Å². The molecule has 0 saturated carbocycles. The second-order valence-corrected chi connectivity index (χ2v) is 8.90. The summed E-state index contributed by atoms with van der Waals surface area (Å²) in [7, 11) is 1.75. The lowest BCUT2D eigenvalue weighted by molar-refractivity contribution is -0.123. The van der Waals surface area contributed by atoms with Gasteiger partial charge in [0.25, 0.3) is 5.91 Å². The highest BCUT2D eigenvalue weighted by Gasteiger charge is 2.22. The average Bonchev–Trinajstić information content (AvgIpc) is 2.81. The van der Waals surface area contributed by atoms with Gasteiger partial charge >= 0.3 is 0 Å². The van der Waals surface area contributed by atoms with Crippen molar-refractivity contribution < 1.29 is 9.59 Å². The molecule has 0 radical (unpaired) electrons. The Hall–Kier alpha value is -3.35. The molecule has 0 spiro atoms. The molecule has 2 amide bonds. The Labute approximate surface area is 196 Å². The first-order valence-corrected chi connectivity index (χ1v) is 11.6. The lowest BCUT2D eigenvalue weighted by Crippen LogP contribution is -2.49. The van der Waals surface area contributed by atoms with Gasteiger partial charge in [0, 0.05) is 32.2 Å². The molecule has 3 rings (SSSR count). The Morgan fingerprint density at radius 1 is 1.06 bits per heavy atom. The molecule has 0 aromatic heterocycles. The van der Waals surface area contributed by atoms with E-state index in [-0.39, 0.29) is 24.4 Å². The summed E-state index contributed by atoms with van der Waals surface area (Å²) in [5.74, 6) is 1.13. The molecule has 0 aliphatic carbocycles. The quantitative estimate of drug-likeness (QED) is 0.448. The maximum absolute atomic E-state index is 12.6. The highest BCUT2D eigenvalue weighted by molar-refractivity contribution is 5.97. The van der Waals surface area contributed by atoms with Crippen LogP contribution in [0.5, 0.6) is 0 Å². The predicted octanol–water partition coefficient (Wildman–Crippen LogP) is 2.88. The second kappa shape index (κ2) is 11.5. The summed E-state index contributed by atoms with van der Waals surface area (Å²) in [5, 5.41) is 9.50. The largest absolute Gasteiger partial charge is 0.353 e. The number of carbonyl (C=O) groups is 2. The van der Waals surface area contributed by atoms with Crippen molar-refractivity contribution in [3.05, 3.63) is 70.8 Å². The molecule has 1 aliphatic rings. The van der Waals surface area contributed by atoms with Gasteiger partial charge in [-0.3, -0.25) is 14.6 Å². The highest BCUT2D eigenvalue weighted by Crippen LogP contribution is 2.15. The van der Waals surface area contributed by atoms with Crippen LogP contribution in [0.4, 0.5) is 0 Å². The van der Waals surface area contributed by atoms with Gasteiger partial charge in [-0.1, -0.05) is 50.2 Å². The summed E-state index contributed by atoms with van der Waals surface area (Å²) in [5.41, 5.74) is 4.19. The van der Waals surface area contributed by atoms with E-state index in [4.69, 9.17) is 0 Å². The maximum Gasteiger partial charge on any atom is 0.254 e. The van der Waals surface area contributed by atoms with Crippen LogP contribution in [-0.2, 0) is 17.8 Å². The number of rotatable bonds is 7. The average molecular weight is 450 g/mol. The van der Waals surface area contributed by atoms with Crippen LogP contribution in [0.3, 0.4) is 0 Å². The topological polar surface area (TPSA) is 85.8 Å². The van der Waals surface area contributed by atoms with Crippen molar-refractivity contribution in [3.63, 3.8) is 0 Å². The summed E-state index contributed by atoms with van der Waals surface area (Å²) in [6.07, 6.45) is 1.09. The SMILES string of the molecule is CN=C(NCc1ccc(C(=O)N2CCNC(=O)C2)cc1)NC(C)c1ccc(CC(C)C)cc1. The number of hydrogen-bond acceptors (Lipinski definition) is 3. The molecule has 2 aromatic rings. The van der Waals surface area contributed by atoms with E-state index in [9.17, 15) is 9.59 Å². The van der Waals surface area contributed by atoms with Crippen LogP contribution in [0.15, 0.2) is 53.5 Å². The van der Waals surface area contributed by atoms with E-state index in [1.165, 1.54) is 11.1 Å². The summed E-state index contributed by atoms with van der Waals surface area (Å²) in [6.45, 7) is 8.31. The summed E-state index contributed by atoms with van der Waals surface area (Å²) in [4.78, 5) is 30.0. The van der Waals surface area contributed by atoms with Gasteiger partial charge in [0.1, 0.15) is 0 Å². The number of guanidine groups is 1. The van der Waals surface area contributed by atoms with Crippen molar-refractivity contribution in [2.24, 2.45) is 10.9 Å². The van der Waals surface area contributed by atoms with E-state index in [0.717, 1.165) is 12.0 Å². The number of carbonyl (C=O) groups excluding carboxylic acids is 2. The van der Waals surface area contributed by atoms with Crippen molar-refractivity contribution in [2.75, 3.05) is 26.7 Å². The smallest absolute Gasteiger partial charge is 0.254 e. The molecule has 33 heavy (non-hydrogen) atoms. The molecule has 1 unspecified atom stereocenters. The minimum Gasteiger partial charge on any atom is -0.353 e. The molecule has 3 N–H and O–H groups in total. The lowest BCUT2D eigenvalue weighted by Gasteiger charge is -2.26. The number of aliphatic imine (C=N–C) groups is 1. The molecule has 1 atom stereocenters. The van der Waals surface area contributed by atoms with Crippen LogP contribution < -0.4 is 16.0 Å². The number of nitrogens with one attached hydrogen (secondary N) is 3. The van der Waals surface area contributed by atoms with Crippen LogP contribution in [-0.4, -0.2) is 49.4 Å². The van der Waals surface area contributed by atoms with Gasteiger partial charge in [-0.2, -0.15) is 0 Å². The van der Waals surface area contributed by atoms with E-state index in [1.807, 2.05) is 24.3 Å². The van der Waals surface area contributed by atoms with Gasteiger partial charge in [-0.25, -0.2) is 0 Å². The van der Waals surface area contributed by atoms with Gasteiger partial charge in [-0.05, 0) is 48.1 Å². The third kappa shape index (κ3) is 7.07. The molecule has 7 heteroatoms. The third-order valence-corrected chi connectivity index (χ3v) is 5.69. The van der Waals surface area contributed by atoms with E-state index in [1.54, 1.807) is 11.9 Å². The van der Waals surface area contributed by atoms with Gasteiger partial charge < -0.3 is 20.9 Å². The minimum atomic E-state index is -0.116. The zero-order valence-electron chi connectivity index (χ0n) is 20.0. The van der Waals surface area contributed by atoms with Crippen molar-refractivity contribution in [1.29, 1.82) is 0 Å². The monoisotopic (exact) mass is 449 g/mol. The van der Waals surface area contributed by atoms with Crippen molar-refractivity contribution in [1.82, 2.24) is 20.9 Å². The first-order valence-electron chi connectivity index (χ1n) is 11.6. The van der Waals surface area contributed by atoms with Crippen molar-refractivity contribution >= 4 is 17.8 Å². The molecule has 1 fully saturated rings. The molecule has 7 nitrogen and oxygen atoms in total. The fourth-order valence-electron chi connectivity index (χ4n) is 3.84. The molecule has 2 aromatic carbocycles. The summed E-state index contributed by atoms with van der Waals surface area (Å²) < 4.78 is 0. The zero-order chi connectivity index (χ0) is 23.8. The van der Waals surface area contributed by atoms with Gasteiger partial charge in [0.15, 0.2) is 5.96 Å². The van der Waals surface area contributed by atoms with Crippen LogP contribution in [0.25, 0.3) is 0 Å². The highest BCUT2D eigenvalue weighted by atomic mass is 16.2. The standard InChI is InChI=1S/C26H35N5O2/c1-18(2)15-20-5-9-22(10-6-20)19(3)30-26(27-4)29-16-21-7-11-23(12-8-21)25(33)31-14-13-28-24(32)17-31/h5-12,18-19H,13-17H2,1-4H3,(H,28,32)(H2,27,29,30). The fraction of sp³-hybridized carbons (Fsp3) is 0.423. The van der Waals surface area contributed by atoms with Crippen LogP contribution in [0, 0.1) is 5.92 Å². The Kier molecular flexibility index (Phi) is 8.46. The molecule has 176 valence electrons. The normalized spacial score (nSPS) is 15.2. The van der Waals surface area contributed by atoms with Crippen LogP contribution in [0.2, 0.25) is 0 Å². The molecular weight excluding hydrogens is 414 g/mol. The molecule has 1 saturated heterocycles. The Balaban J connectivity index is 1.51. The summed E-state index contributed by atoms with van der Waals surface area (Å²) in [6, 6.07) is 16.3. The van der Waals surface area contributed by atoms with Crippen molar-refractivity contribution in [2.45, 2.75) is 39.8 Å². The number of piperazine rings is 1. The van der Waals surface area contributed by atoms with E-state index < -0.39 is 0 Å². The number of amides is 2. The first-order chi connectivity index (χ1) is 15.9. The zero-order valence-corrected chi connectivity index (χ0v) is 20.0. The predicted molar refractivity (Wildman–Crippen MR) is 132 cm³/mol.